The minimum atomic E-state index is -0.0362. The van der Waals surface area contributed by atoms with E-state index in [1.807, 2.05) is 30.3 Å². The van der Waals surface area contributed by atoms with E-state index in [0.717, 1.165) is 16.8 Å². The number of thiazole rings is 1. The van der Waals surface area contributed by atoms with Crippen molar-refractivity contribution in [3.05, 3.63) is 63.0 Å². The highest BCUT2D eigenvalue weighted by atomic mass is 35.5. The van der Waals surface area contributed by atoms with Crippen LogP contribution in [0.2, 0.25) is 10.0 Å². The Balaban J connectivity index is 1.63. The number of fused-ring (bicyclic) bond motifs is 1. The standard InChI is InChI=1S/C18H11Cl2N3OS/c19-11-6-12(20)8-13(7-11)22-18-23-17(24)16(25-18)5-10-9-21-15-4-2-1-3-14(10)15/h1-9,24H,(H,22,23)/b10-5+. The first kappa shape index (κ1) is 16.1. The van der Waals surface area contributed by atoms with E-state index >= 15 is 0 Å². The molecular formula is C18H11Cl2N3OS. The van der Waals surface area contributed by atoms with Crippen LogP contribution in [0.4, 0.5) is 16.5 Å². The van der Waals surface area contributed by atoms with Gasteiger partial charge in [0, 0.05) is 33.1 Å². The Morgan fingerprint density at radius 3 is 2.64 bits per heavy atom. The maximum Gasteiger partial charge on any atom is 0.231 e. The van der Waals surface area contributed by atoms with Crippen LogP contribution in [0.1, 0.15) is 10.4 Å². The molecule has 0 fully saturated rings. The van der Waals surface area contributed by atoms with E-state index < -0.39 is 0 Å². The van der Waals surface area contributed by atoms with Gasteiger partial charge in [0.2, 0.25) is 5.88 Å². The van der Waals surface area contributed by atoms with Crippen LogP contribution >= 0.6 is 34.5 Å². The number of hydrogen-bond donors (Lipinski definition) is 2. The highest BCUT2D eigenvalue weighted by Gasteiger charge is 2.14. The van der Waals surface area contributed by atoms with Crippen LogP contribution < -0.4 is 5.32 Å². The fourth-order valence-corrected chi connectivity index (χ4v) is 3.87. The van der Waals surface area contributed by atoms with Crippen LogP contribution in [0.25, 0.3) is 11.6 Å². The van der Waals surface area contributed by atoms with E-state index in [1.54, 1.807) is 24.4 Å². The maximum atomic E-state index is 10.1. The molecule has 1 aliphatic rings. The third-order valence-electron chi connectivity index (χ3n) is 3.59. The number of para-hydroxylation sites is 1. The summed E-state index contributed by atoms with van der Waals surface area (Å²) >= 11 is 13.3. The summed E-state index contributed by atoms with van der Waals surface area (Å²) in [5.41, 5.74) is 3.60. The molecule has 0 saturated heterocycles. The molecule has 4 rings (SSSR count). The number of aromatic nitrogens is 1. The summed E-state index contributed by atoms with van der Waals surface area (Å²) in [4.78, 5) is 9.16. The molecular weight excluding hydrogens is 377 g/mol. The van der Waals surface area contributed by atoms with Gasteiger partial charge in [-0.15, -0.1) is 0 Å². The monoisotopic (exact) mass is 387 g/mol. The molecule has 4 nitrogen and oxygen atoms in total. The number of allylic oxidation sites excluding steroid dienone is 1. The average Bonchev–Trinajstić information content (AvgIpc) is 3.11. The van der Waals surface area contributed by atoms with Crippen molar-refractivity contribution in [1.82, 2.24) is 4.98 Å². The highest BCUT2D eigenvalue weighted by molar-refractivity contribution is 7.16. The molecule has 0 unspecified atom stereocenters. The van der Waals surface area contributed by atoms with E-state index in [4.69, 9.17) is 23.2 Å². The van der Waals surface area contributed by atoms with Crippen LogP contribution in [0.15, 0.2) is 47.5 Å². The van der Waals surface area contributed by atoms with Gasteiger partial charge in [-0.2, -0.15) is 4.98 Å². The summed E-state index contributed by atoms with van der Waals surface area (Å²) in [6.07, 6.45) is 3.66. The molecule has 3 aromatic rings. The number of rotatable bonds is 3. The predicted molar refractivity (Wildman–Crippen MR) is 106 cm³/mol. The number of halogens is 2. The maximum absolute atomic E-state index is 10.1. The van der Waals surface area contributed by atoms with Crippen molar-refractivity contribution in [3.8, 4) is 5.88 Å². The molecule has 25 heavy (non-hydrogen) atoms. The molecule has 2 aromatic carbocycles. The van der Waals surface area contributed by atoms with E-state index in [0.29, 0.717) is 25.7 Å². The normalized spacial score (nSPS) is 14.1. The van der Waals surface area contributed by atoms with Gasteiger partial charge < -0.3 is 10.4 Å². The number of aromatic hydroxyl groups is 1. The van der Waals surface area contributed by atoms with Gasteiger partial charge in [0.15, 0.2) is 5.13 Å². The zero-order valence-electron chi connectivity index (χ0n) is 12.7. The minimum absolute atomic E-state index is 0.0362. The molecule has 1 aliphatic heterocycles. The topological polar surface area (TPSA) is 57.5 Å². The SMILES string of the molecule is Oc1nc(Nc2cc(Cl)cc(Cl)c2)sc1/C=C1\C=Nc2ccccc21. The number of nitrogens with one attached hydrogen (secondary N) is 1. The second-order valence-corrected chi connectivity index (χ2v) is 7.27. The Hall–Kier alpha value is -2.34. The number of nitrogens with zero attached hydrogens (tertiary/aromatic N) is 2. The smallest absolute Gasteiger partial charge is 0.231 e. The van der Waals surface area contributed by atoms with Gasteiger partial charge in [-0.3, -0.25) is 4.99 Å². The van der Waals surface area contributed by atoms with Gasteiger partial charge in [-0.25, -0.2) is 0 Å². The molecule has 1 aromatic heterocycles. The Morgan fingerprint density at radius 1 is 1.08 bits per heavy atom. The van der Waals surface area contributed by atoms with E-state index in [9.17, 15) is 5.11 Å². The number of benzene rings is 2. The van der Waals surface area contributed by atoms with Gasteiger partial charge in [-0.05, 0) is 30.3 Å². The Kier molecular flexibility index (Phi) is 4.21. The lowest BCUT2D eigenvalue weighted by Crippen LogP contribution is -1.88. The van der Waals surface area contributed by atoms with Gasteiger partial charge >= 0.3 is 0 Å². The average molecular weight is 388 g/mol. The Bertz CT molecular complexity index is 1010. The van der Waals surface area contributed by atoms with Crippen molar-refractivity contribution in [3.63, 3.8) is 0 Å². The first-order valence-corrected chi connectivity index (χ1v) is 8.94. The molecule has 0 radical (unpaired) electrons. The third-order valence-corrected chi connectivity index (χ3v) is 4.94. The van der Waals surface area contributed by atoms with Crippen LogP contribution in [-0.2, 0) is 0 Å². The number of aliphatic imine (C=N–C) groups is 1. The molecule has 124 valence electrons. The van der Waals surface area contributed by atoms with Crippen LogP contribution in [0.3, 0.4) is 0 Å². The van der Waals surface area contributed by atoms with Crippen LogP contribution in [0.5, 0.6) is 5.88 Å². The van der Waals surface area contributed by atoms with Crippen molar-refractivity contribution in [2.45, 2.75) is 0 Å². The van der Waals surface area contributed by atoms with Crippen molar-refractivity contribution >= 4 is 68.9 Å². The molecule has 0 atom stereocenters. The van der Waals surface area contributed by atoms with E-state index in [2.05, 4.69) is 15.3 Å². The molecule has 2 N–H and O–H groups in total. The lowest BCUT2D eigenvalue weighted by molar-refractivity contribution is 0.457. The second kappa shape index (κ2) is 6.52. The van der Waals surface area contributed by atoms with E-state index in [1.165, 1.54) is 11.3 Å². The van der Waals surface area contributed by atoms with Crippen molar-refractivity contribution < 1.29 is 5.11 Å². The lowest BCUT2D eigenvalue weighted by Gasteiger charge is -2.03. The second-order valence-electron chi connectivity index (χ2n) is 5.37. The fourth-order valence-electron chi connectivity index (χ4n) is 2.52. The van der Waals surface area contributed by atoms with Crippen molar-refractivity contribution in [2.75, 3.05) is 5.32 Å². The summed E-state index contributed by atoms with van der Waals surface area (Å²) in [6.45, 7) is 0. The third kappa shape index (κ3) is 3.39. The van der Waals surface area contributed by atoms with Gasteiger partial charge in [0.25, 0.3) is 0 Å². The molecule has 0 bridgehead atoms. The molecule has 0 amide bonds. The van der Waals surface area contributed by atoms with Gasteiger partial charge in [0.05, 0.1) is 10.6 Å². The van der Waals surface area contributed by atoms with Crippen LogP contribution in [0, 0.1) is 0 Å². The van der Waals surface area contributed by atoms with Crippen molar-refractivity contribution in [2.24, 2.45) is 4.99 Å². The molecule has 2 heterocycles. The van der Waals surface area contributed by atoms with Crippen LogP contribution in [-0.4, -0.2) is 16.3 Å². The first-order chi connectivity index (χ1) is 12.1. The van der Waals surface area contributed by atoms with Gasteiger partial charge in [-0.1, -0.05) is 52.7 Å². The Labute approximate surface area is 158 Å². The number of hydrogen-bond acceptors (Lipinski definition) is 5. The zero-order chi connectivity index (χ0) is 17.4. The first-order valence-electron chi connectivity index (χ1n) is 7.36. The van der Waals surface area contributed by atoms with E-state index in [-0.39, 0.29) is 5.88 Å². The molecule has 0 spiro atoms. The summed E-state index contributed by atoms with van der Waals surface area (Å²) in [5, 5.41) is 14.8. The summed E-state index contributed by atoms with van der Waals surface area (Å²) < 4.78 is 0. The molecule has 0 aliphatic carbocycles. The zero-order valence-corrected chi connectivity index (χ0v) is 15.0. The fraction of sp³-hybridized carbons (Fsp3) is 0. The Morgan fingerprint density at radius 2 is 1.84 bits per heavy atom. The minimum Gasteiger partial charge on any atom is -0.492 e. The summed E-state index contributed by atoms with van der Waals surface area (Å²) in [7, 11) is 0. The quantitative estimate of drug-likeness (QED) is 0.565. The highest BCUT2D eigenvalue weighted by Crippen LogP contribution is 2.37. The number of anilines is 2. The molecule has 0 saturated carbocycles. The predicted octanol–water partition coefficient (Wildman–Crippen LogP) is 6.16. The van der Waals surface area contributed by atoms with Gasteiger partial charge in [0.1, 0.15) is 0 Å². The van der Waals surface area contributed by atoms with Crippen molar-refractivity contribution in [1.29, 1.82) is 0 Å². The largest absolute Gasteiger partial charge is 0.492 e. The molecule has 7 heteroatoms. The summed E-state index contributed by atoms with van der Waals surface area (Å²) in [6, 6.07) is 13.0. The summed E-state index contributed by atoms with van der Waals surface area (Å²) in [5.74, 6) is -0.0362. The lowest BCUT2D eigenvalue weighted by atomic mass is 10.1.